The SMILES string of the molecule is CC1=C(/C=C\N)CCCC1. The van der Waals surface area contributed by atoms with Gasteiger partial charge in [0.05, 0.1) is 0 Å². The summed E-state index contributed by atoms with van der Waals surface area (Å²) in [5.41, 5.74) is 8.28. The van der Waals surface area contributed by atoms with Crippen LogP contribution in [0.3, 0.4) is 0 Å². The van der Waals surface area contributed by atoms with E-state index in [1.807, 2.05) is 6.08 Å². The van der Waals surface area contributed by atoms with Gasteiger partial charge in [-0.1, -0.05) is 5.57 Å². The van der Waals surface area contributed by atoms with E-state index >= 15 is 0 Å². The quantitative estimate of drug-likeness (QED) is 0.590. The van der Waals surface area contributed by atoms with Crippen LogP contribution in [-0.2, 0) is 0 Å². The van der Waals surface area contributed by atoms with E-state index in [0.29, 0.717) is 0 Å². The lowest BCUT2D eigenvalue weighted by Gasteiger charge is -2.13. The molecular formula is C9H15N. The molecule has 0 aromatic rings. The molecule has 0 aromatic carbocycles. The van der Waals surface area contributed by atoms with E-state index in [1.165, 1.54) is 36.8 Å². The highest BCUT2D eigenvalue weighted by Crippen LogP contribution is 2.24. The van der Waals surface area contributed by atoms with Gasteiger partial charge in [0.15, 0.2) is 0 Å². The van der Waals surface area contributed by atoms with Gasteiger partial charge in [0, 0.05) is 0 Å². The molecule has 1 heteroatoms. The number of allylic oxidation sites excluding steroid dienone is 3. The third-order valence-electron chi connectivity index (χ3n) is 2.09. The maximum Gasteiger partial charge on any atom is -0.00596 e. The third kappa shape index (κ3) is 1.63. The van der Waals surface area contributed by atoms with Gasteiger partial charge in [0.25, 0.3) is 0 Å². The standard InChI is InChI=1S/C9H15N/c1-8-4-2-3-5-9(8)6-7-10/h6-7H,2-5,10H2,1H3/b7-6-. The van der Waals surface area contributed by atoms with Crippen LogP contribution in [0.5, 0.6) is 0 Å². The first kappa shape index (κ1) is 7.39. The summed E-state index contributed by atoms with van der Waals surface area (Å²) in [6.07, 6.45) is 8.85. The average molecular weight is 137 g/mol. The molecule has 56 valence electrons. The van der Waals surface area contributed by atoms with Gasteiger partial charge in [-0.25, -0.2) is 0 Å². The summed E-state index contributed by atoms with van der Waals surface area (Å²) < 4.78 is 0. The van der Waals surface area contributed by atoms with E-state index in [2.05, 4.69) is 6.92 Å². The molecule has 0 unspecified atom stereocenters. The summed E-state index contributed by atoms with van der Waals surface area (Å²) in [6.45, 7) is 2.20. The second-order valence-corrected chi connectivity index (χ2v) is 2.87. The molecule has 10 heavy (non-hydrogen) atoms. The van der Waals surface area contributed by atoms with Gasteiger partial charge in [-0.2, -0.15) is 0 Å². The Morgan fingerprint density at radius 2 is 2.00 bits per heavy atom. The molecule has 1 rings (SSSR count). The Morgan fingerprint density at radius 1 is 1.30 bits per heavy atom. The van der Waals surface area contributed by atoms with Gasteiger partial charge in [-0.3, -0.25) is 0 Å². The van der Waals surface area contributed by atoms with E-state index in [-0.39, 0.29) is 0 Å². The molecule has 0 radical (unpaired) electrons. The minimum atomic E-state index is 1.22. The number of rotatable bonds is 1. The first-order chi connectivity index (χ1) is 4.84. The van der Waals surface area contributed by atoms with Gasteiger partial charge in [0.1, 0.15) is 0 Å². The number of hydrogen-bond donors (Lipinski definition) is 1. The molecule has 0 spiro atoms. The topological polar surface area (TPSA) is 26.0 Å². The van der Waals surface area contributed by atoms with E-state index < -0.39 is 0 Å². The molecular weight excluding hydrogens is 122 g/mol. The van der Waals surface area contributed by atoms with E-state index in [1.54, 1.807) is 6.20 Å². The second-order valence-electron chi connectivity index (χ2n) is 2.87. The maximum absolute atomic E-state index is 5.31. The molecule has 0 saturated heterocycles. The summed E-state index contributed by atoms with van der Waals surface area (Å²) in [5, 5.41) is 0. The molecule has 0 fully saturated rings. The minimum absolute atomic E-state index is 1.22. The van der Waals surface area contributed by atoms with Crippen LogP contribution in [-0.4, -0.2) is 0 Å². The molecule has 2 N–H and O–H groups in total. The van der Waals surface area contributed by atoms with Crippen molar-refractivity contribution in [1.82, 2.24) is 0 Å². The Bertz CT molecular complexity index is 166. The Balaban J connectivity index is 2.68. The summed E-state index contributed by atoms with van der Waals surface area (Å²) in [7, 11) is 0. The highest BCUT2D eigenvalue weighted by atomic mass is 14.5. The Labute approximate surface area is 62.6 Å². The lowest BCUT2D eigenvalue weighted by molar-refractivity contribution is 0.682. The van der Waals surface area contributed by atoms with Crippen molar-refractivity contribution in [2.24, 2.45) is 5.73 Å². The van der Waals surface area contributed by atoms with Gasteiger partial charge >= 0.3 is 0 Å². The van der Waals surface area contributed by atoms with Crippen molar-refractivity contribution in [3.05, 3.63) is 23.4 Å². The van der Waals surface area contributed by atoms with Crippen molar-refractivity contribution in [3.8, 4) is 0 Å². The maximum atomic E-state index is 5.31. The Morgan fingerprint density at radius 3 is 2.60 bits per heavy atom. The van der Waals surface area contributed by atoms with Crippen molar-refractivity contribution in [1.29, 1.82) is 0 Å². The van der Waals surface area contributed by atoms with Gasteiger partial charge in [-0.05, 0) is 50.5 Å². The fourth-order valence-corrected chi connectivity index (χ4v) is 1.42. The minimum Gasteiger partial charge on any atom is -0.405 e. The fourth-order valence-electron chi connectivity index (χ4n) is 1.42. The predicted octanol–water partition coefficient (Wildman–Crippen LogP) is 2.35. The average Bonchev–Trinajstić information content (AvgIpc) is 1.94. The molecule has 1 aliphatic carbocycles. The van der Waals surface area contributed by atoms with Crippen LogP contribution in [0.2, 0.25) is 0 Å². The van der Waals surface area contributed by atoms with Gasteiger partial charge in [-0.15, -0.1) is 0 Å². The first-order valence-electron chi connectivity index (χ1n) is 3.91. The summed E-state index contributed by atoms with van der Waals surface area (Å²) in [5.74, 6) is 0. The largest absolute Gasteiger partial charge is 0.405 e. The second kappa shape index (κ2) is 3.45. The molecule has 0 amide bonds. The lowest BCUT2D eigenvalue weighted by Crippen LogP contribution is -1.95. The lowest BCUT2D eigenvalue weighted by atomic mass is 9.93. The zero-order valence-electron chi connectivity index (χ0n) is 6.56. The third-order valence-corrected chi connectivity index (χ3v) is 2.09. The van der Waals surface area contributed by atoms with Crippen LogP contribution < -0.4 is 5.73 Å². The molecule has 0 atom stereocenters. The van der Waals surface area contributed by atoms with Crippen LogP contribution in [0.1, 0.15) is 32.6 Å². The molecule has 0 aliphatic heterocycles. The monoisotopic (exact) mass is 137 g/mol. The number of hydrogen-bond acceptors (Lipinski definition) is 1. The highest BCUT2D eigenvalue weighted by molar-refractivity contribution is 5.25. The Kier molecular flexibility index (Phi) is 2.55. The molecule has 0 heterocycles. The van der Waals surface area contributed by atoms with E-state index in [0.717, 1.165) is 0 Å². The molecule has 0 bridgehead atoms. The summed E-state index contributed by atoms with van der Waals surface area (Å²) >= 11 is 0. The molecule has 1 nitrogen and oxygen atoms in total. The van der Waals surface area contributed by atoms with Crippen molar-refractivity contribution in [3.63, 3.8) is 0 Å². The van der Waals surface area contributed by atoms with Crippen molar-refractivity contribution >= 4 is 0 Å². The van der Waals surface area contributed by atoms with Crippen molar-refractivity contribution < 1.29 is 0 Å². The van der Waals surface area contributed by atoms with E-state index in [4.69, 9.17) is 5.73 Å². The van der Waals surface area contributed by atoms with Gasteiger partial charge in [0.2, 0.25) is 0 Å². The molecule has 0 aromatic heterocycles. The summed E-state index contributed by atoms with van der Waals surface area (Å²) in [4.78, 5) is 0. The van der Waals surface area contributed by atoms with Crippen LogP contribution in [0.25, 0.3) is 0 Å². The van der Waals surface area contributed by atoms with E-state index in [9.17, 15) is 0 Å². The fraction of sp³-hybridized carbons (Fsp3) is 0.556. The molecule has 0 saturated carbocycles. The smallest absolute Gasteiger partial charge is 0.00596 e. The zero-order valence-corrected chi connectivity index (χ0v) is 6.56. The summed E-state index contributed by atoms with van der Waals surface area (Å²) in [6, 6.07) is 0. The zero-order chi connectivity index (χ0) is 7.40. The first-order valence-corrected chi connectivity index (χ1v) is 3.91. The van der Waals surface area contributed by atoms with Crippen LogP contribution in [0.4, 0.5) is 0 Å². The normalized spacial score (nSPS) is 20.5. The Hall–Kier alpha value is -0.720. The van der Waals surface area contributed by atoms with Crippen molar-refractivity contribution in [2.75, 3.05) is 0 Å². The predicted molar refractivity (Wildman–Crippen MR) is 44.5 cm³/mol. The van der Waals surface area contributed by atoms with Crippen molar-refractivity contribution in [2.45, 2.75) is 32.6 Å². The number of nitrogens with two attached hydrogens (primary N) is 1. The van der Waals surface area contributed by atoms with Crippen LogP contribution in [0, 0.1) is 0 Å². The highest BCUT2D eigenvalue weighted by Gasteiger charge is 2.04. The van der Waals surface area contributed by atoms with Gasteiger partial charge < -0.3 is 5.73 Å². The van der Waals surface area contributed by atoms with Crippen LogP contribution >= 0.6 is 0 Å². The molecule has 1 aliphatic rings. The van der Waals surface area contributed by atoms with Crippen LogP contribution in [0.15, 0.2) is 23.4 Å².